The van der Waals surface area contributed by atoms with E-state index in [1.165, 1.54) is 22.8 Å². The van der Waals surface area contributed by atoms with E-state index in [1.54, 1.807) is 6.92 Å². The van der Waals surface area contributed by atoms with Crippen LogP contribution in [0.15, 0.2) is 23.0 Å². The standard InChI is InChI=1S/C21H19ClF3N3O2S/c1-10(18(29)27-15-9-12(21(23,24)25)7-8-14(15)22)28-11(2)26-19-17(20(28)30)13-5-3-4-6-16(13)31-19/h7-10H,3-6H2,1-2H3,(H,27,29). The molecular formula is C21H19ClF3N3O2S. The Balaban J connectivity index is 1.71. The summed E-state index contributed by atoms with van der Waals surface area (Å²) in [6, 6.07) is 1.70. The number of nitrogens with one attached hydrogen (secondary N) is 1. The maximum absolute atomic E-state index is 13.3. The van der Waals surface area contributed by atoms with Gasteiger partial charge in [-0.3, -0.25) is 14.2 Å². The highest BCUT2D eigenvalue weighted by Crippen LogP contribution is 2.35. The Morgan fingerprint density at radius 2 is 2.00 bits per heavy atom. The van der Waals surface area contributed by atoms with Gasteiger partial charge in [0, 0.05) is 4.88 Å². The third-order valence-corrected chi connectivity index (χ3v) is 7.03. The SMILES string of the molecule is Cc1nc2sc3c(c2c(=O)n1C(C)C(=O)Nc1cc(C(F)(F)F)ccc1Cl)CCCC3. The maximum Gasteiger partial charge on any atom is 0.416 e. The van der Waals surface area contributed by atoms with E-state index in [-0.39, 0.29) is 16.3 Å². The van der Waals surface area contributed by atoms with Gasteiger partial charge >= 0.3 is 6.18 Å². The van der Waals surface area contributed by atoms with Crippen LogP contribution in [0, 0.1) is 6.92 Å². The van der Waals surface area contributed by atoms with Crippen molar-refractivity contribution in [2.75, 3.05) is 5.32 Å². The summed E-state index contributed by atoms with van der Waals surface area (Å²) < 4.78 is 40.3. The van der Waals surface area contributed by atoms with Crippen molar-refractivity contribution in [2.24, 2.45) is 0 Å². The van der Waals surface area contributed by atoms with Crippen LogP contribution in [0.2, 0.25) is 5.02 Å². The molecule has 0 aliphatic heterocycles. The molecule has 0 fully saturated rings. The third kappa shape index (κ3) is 3.96. The number of anilines is 1. The molecule has 2 heterocycles. The molecule has 164 valence electrons. The minimum absolute atomic E-state index is 0.0295. The lowest BCUT2D eigenvalue weighted by atomic mass is 9.97. The van der Waals surface area contributed by atoms with Crippen LogP contribution in [0.5, 0.6) is 0 Å². The molecule has 31 heavy (non-hydrogen) atoms. The van der Waals surface area contributed by atoms with Gasteiger partial charge in [-0.05, 0) is 63.3 Å². The van der Waals surface area contributed by atoms with Crippen LogP contribution in [0.25, 0.3) is 10.2 Å². The van der Waals surface area contributed by atoms with Gasteiger partial charge in [-0.2, -0.15) is 13.2 Å². The lowest BCUT2D eigenvalue weighted by Gasteiger charge is -2.19. The number of benzene rings is 1. The molecule has 0 spiro atoms. The van der Waals surface area contributed by atoms with Crippen LogP contribution in [-0.2, 0) is 23.8 Å². The zero-order valence-electron chi connectivity index (χ0n) is 16.8. The molecule has 1 unspecified atom stereocenters. The fourth-order valence-electron chi connectivity index (χ4n) is 3.93. The number of alkyl halides is 3. The van der Waals surface area contributed by atoms with E-state index >= 15 is 0 Å². The van der Waals surface area contributed by atoms with E-state index in [0.717, 1.165) is 54.3 Å². The Hall–Kier alpha value is -2.39. The van der Waals surface area contributed by atoms with Crippen LogP contribution in [-0.4, -0.2) is 15.5 Å². The van der Waals surface area contributed by atoms with Crippen molar-refractivity contribution in [1.29, 1.82) is 0 Å². The number of aryl methyl sites for hydroxylation is 3. The molecule has 0 bridgehead atoms. The summed E-state index contributed by atoms with van der Waals surface area (Å²) in [5.74, 6) is -0.287. The predicted molar refractivity (Wildman–Crippen MR) is 115 cm³/mol. The molecule has 1 N–H and O–H groups in total. The van der Waals surface area contributed by atoms with E-state index in [2.05, 4.69) is 10.3 Å². The summed E-state index contributed by atoms with van der Waals surface area (Å²) in [5, 5.41) is 2.94. The number of amides is 1. The van der Waals surface area contributed by atoms with Gasteiger partial charge in [0.2, 0.25) is 5.91 Å². The lowest BCUT2D eigenvalue weighted by Crippen LogP contribution is -2.34. The van der Waals surface area contributed by atoms with Crippen molar-refractivity contribution in [2.45, 2.75) is 51.7 Å². The van der Waals surface area contributed by atoms with Crippen molar-refractivity contribution in [3.63, 3.8) is 0 Å². The molecule has 4 rings (SSSR count). The monoisotopic (exact) mass is 469 g/mol. The van der Waals surface area contributed by atoms with Crippen LogP contribution in [0.1, 0.15) is 47.6 Å². The molecule has 1 aromatic carbocycles. The van der Waals surface area contributed by atoms with Gasteiger partial charge in [0.25, 0.3) is 5.56 Å². The van der Waals surface area contributed by atoms with E-state index in [9.17, 15) is 22.8 Å². The average Bonchev–Trinajstić information content (AvgIpc) is 3.06. The van der Waals surface area contributed by atoms with Gasteiger partial charge in [0.1, 0.15) is 16.7 Å². The molecule has 0 radical (unpaired) electrons. The average molecular weight is 470 g/mol. The first kappa shape index (κ1) is 21.8. The Morgan fingerprint density at radius 3 is 2.71 bits per heavy atom. The lowest BCUT2D eigenvalue weighted by molar-refractivity contribution is -0.137. The molecular weight excluding hydrogens is 451 g/mol. The highest BCUT2D eigenvalue weighted by molar-refractivity contribution is 7.18. The normalized spacial score (nSPS) is 15.0. The summed E-state index contributed by atoms with van der Waals surface area (Å²) in [4.78, 5) is 32.5. The van der Waals surface area contributed by atoms with Crippen LogP contribution in [0.4, 0.5) is 18.9 Å². The zero-order chi connectivity index (χ0) is 22.5. The molecule has 1 aliphatic carbocycles. The minimum atomic E-state index is -4.57. The van der Waals surface area contributed by atoms with Crippen molar-refractivity contribution < 1.29 is 18.0 Å². The first-order chi connectivity index (χ1) is 14.6. The minimum Gasteiger partial charge on any atom is -0.323 e. The summed E-state index contributed by atoms with van der Waals surface area (Å²) in [7, 11) is 0. The molecule has 10 heteroatoms. The number of halogens is 4. The van der Waals surface area contributed by atoms with E-state index in [1.807, 2.05) is 0 Å². The number of carbonyl (C=O) groups excluding carboxylic acids is 1. The van der Waals surface area contributed by atoms with Crippen molar-refractivity contribution >= 4 is 44.7 Å². The molecule has 0 saturated carbocycles. The van der Waals surface area contributed by atoms with Gasteiger partial charge in [0.15, 0.2) is 0 Å². The molecule has 1 amide bonds. The predicted octanol–water partition coefficient (Wildman–Crippen LogP) is 5.52. The second-order valence-corrected chi connectivity index (χ2v) is 9.07. The first-order valence-electron chi connectivity index (χ1n) is 9.79. The van der Waals surface area contributed by atoms with Crippen molar-refractivity contribution in [1.82, 2.24) is 9.55 Å². The van der Waals surface area contributed by atoms with E-state index in [0.29, 0.717) is 16.0 Å². The molecule has 1 atom stereocenters. The van der Waals surface area contributed by atoms with Gasteiger partial charge in [-0.1, -0.05) is 11.6 Å². The summed E-state index contributed by atoms with van der Waals surface area (Å²) in [6.45, 7) is 3.15. The summed E-state index contributed by atoms with van der Waals surface area (Å²) >= 11 is 7.50. The number of nitrogens with zero attached hydrogens (tertiary/aromatic N) is 2. The first-order valence-corrected chi connectivity index (χ1v) is 11.0. The number of rotatable bonds is 3. The quantitative estimate of drug-likeness (QED) is 0.549. The zero-order valence-corrected chi connectivity index (χ0v) is 18.3. The van der Waals surface area contributed by atoms with Crippen molar-refractivity contribution in [3.05, 3.63) is 55.4 Å². The maximum atomic E-state index is 13.3. The molecule has 5 nitrogen and oxygen atoms in total. The fourth-order valence-corrected chi connectivity index (χ4v) is 5.39. The molecule has 0 saturated heterocycles. The largest absolute Gasteiger partial charge is 0.416 e. The van der Waals surface area contributed by atoms with Crippen molar-refractivity contribution in [3.8, 4) is 0 Å². The van der Waals surface area contributed by atoms with Gasteiger partial charge in [-0.15, -0.1) is 11.3 Å². The summed E-state index contributed by atoms with van der Waals surface area (Å²) in [6.07, 6.45) is -0.787. The van der Waals surface area contributed by atoms with Gasteiger partial charge in [0.05, 0.1) is 21.7 Å². The van der Waals surface area contributed by atoms with Crippen LogP contribution < -0.4 is 10.9 Å². The number of hydrogen-bond donors (Lipinski definition) is 1. The van der Waals surface area contributed by atoms with E-state index < -0.39 is 23.7 Å². The number of thiophene rings is 1. The van der Waals surface area contributed by atoms with Crippen LogP contribution in [0.3, 0.4) is 0 Å². The number of carbonyl (C=O) groups is 1. The number of hydrogen-bond acceptors (Lipinski definition) is 4. The Morgan fingerprint density at radius 1 is 1.29 bits per heavy atom. The smallest absolute Gasteiger partial charge is 0.323 e. The Kier molecular flexibility index (Phi) is 5.59. The Bertz CT molecular complexity index is 1250. The molecule has 2 aromatic heterocycles. The van der Waals surface area contributed by atoms with Crippen LogP contribution >= 0.6 is 22.9 Å². The number of aromatic nitrogens is 2. The topological polar surface area (TPSA) is 64.0 Å². The van der Waals surface area contributed by atoms with E-state index in [4.69, 9.17) is 11.6 Å². The molecule has 3 aromatic rings. The Labute approximate surface area is 184 Å². The molecule has 1 aliphatic rings. The van der Waals surface area contributed by atoms with Gasteiger partial charge in [-0.25, -0.2) is 4.98 Å². The highest BCUT2D eigenvalue weighted by atomic mass is 35.5. The summed E-state index contributed by atoms with van der Waals surface area (Å²) in [5.41, 5.74) is -0.395. The second kappa shape index (κ2) is 7.94. The second-order valence-electron chi connectivity index (χ2n) is 7.58. The third-order valence-electron chi connectivity index (χ3n) is 5.52. The number of fused-ring (bicyclic) bond motifs is 3. The fraction of sp³-hybridized carbons (Fsp3) is 0.381. The van der Waals surface area contributed by atoms with Gasteiger partial charge < -0.3 is 5.32 Å². The highest BCUT2D eigenvalue weighted by Gasteiger charge is 2.31.